The van der Waals surface area contributed by atoms with Crippen LogP contribution < -0.4 is 15.4 Å². The van der Waals surface area contributed by atoms with Gasteiger partial charge in [0.2, 0.25) is 0 Å². The molecular weight excluding hydrogens is 489 g/mol. The van der Waals surface area contributed by atoms with E-state index >= 15 is 0 Å². The van der Waals surface area contributed by atoms with Gasteiger partial charge < -0.3 is 15.4 Å². The predicted molar refractivity (Wildman–Crippen MR) is 133 cm³/mol. The molecule has 30 heavy (non-hydrogen) atoms. The van der Waals surface area contributed by atoms with Crippen molar-refractivity contribution in [3.63, 3.8) is 0 Å². The minimum absolute atomic E-state index is 0. The molecule has 0 radical (unpaired) electrons. The number of nitrogens with zero attached hydrogens (tertiary/aromatic N) is 3. The van der Waals surface area contributed by atoms with E-state index in [2.05, 4.69) is 40.7 Å². The Morgan fingerprint density at radius 1 is 1.00 bits per heavy atom. The first kappa shape index (κ1) is 23.7. The second-order valence-electron chi connectivity index (χ2n) is 6.72. The lowest BCUT2D eigenvalue weighted by molar-refractivity contribution is 0.336. The van der Waals surface area contributed by atoms with Crippen LogP contribution in [0.25, 0.3) is 5.69 Å². The SMILES string of the molecule is CCOc1ccccc1CNC(=NC)NCc1c(C)nn(-c2ccccc2)c1C.I. The number of benzene rings is 2. The topological polar surface area (TPSA) is 63.5 Å². The van der Waals surface area contributed by atoms with Crippen molar-refractivity contribution in [2.75, 3.05) is 13.7 Å². The minimum Gasteiger partial charge on any atom is -0.494 e. The summed E-state index contributed by atoms with van der Waals surface area (Å²) in [6.07, 6.45) is 0. The highest BCUT2D eigenvalue weighted by molar-refractivity contribution is 14.0. The van der Waals surface area contributed by atoms with Gasteiger partial charge >= 0.3 is 0 Å². The van der Waals surface area contributed by atoms with Crippen LogP contribution in [0.1, 0.15) is 29.4 Å². The number of guanidine groups is 1. The Balaban J connectivity index is 0.00000320. The van der Waals surface area contributed by atoms with E-state index < -0.39 is 0 Å². The number of hydrogen-bond donors (Lipinski definition) is 2. The standard InChI is InChI=1S/C23H29N5O.HI/c1-5-29-22-14-10-9-11-19(22)15-25-23(24-4)26-16-21-17(2)27-28(18(21)3)20-12-7-6-8-13-20;/h6-14H,5,15-16H2,1-4H3,(H2,24,25,26);1H. The zero-order valence-corrected chi connectivity index (χ0v) is 20.3. The molecule has 0 saturated carbocycles. The molecule has 0 saturated heterocycles. The Bertz CT molecular complexity index is 969. The molecular formula is C23H30IN5O. The van der Waals surface area contributed by atoms with Gasteiger partial charge in [-0.15, -0.1) is 24.0 Å². The molecule has 3 rings (SSSR count). The van der Waals surface area contributed by atoms with Crippen LogP contribution in [0.5, 0.6) is 5.75 Å². The third-order valence-electron chi connectivity index (χ3n) is 4.82. The average Bonchev–Trinajstić information content (AvgIpc) is 3.04. The summed E-state index contributed by atoms with van der Waals surface area (Å²) in [7, 11) is 1.77. The fourth-order valence-electron chi connectivity index (χ4n) is 3.27. The second kappa shape index (κ2) is 11.6. The van der Waals surface area contributed by atoms with Gasteiger partial charge in [-0.25, -0.2) is 4.68 Å². The highest BCUT2D eigenvalue weighted by atomic mass is 127. The van der Waals surface area contributed by atoms with Crippen LogP contribution in [0.15, 0.2) is 59.6 Å². The molecule has 0 aliphatic heterocycles. The highest BCUT2D eigenvalue weighted by Crippen LogP contribution is 2.18. The van der Waals surface area contributed by atoms with Crippen molar-refractivity contribution < 1.29 is 4.74 Å². The predicted octanol–water partition coefficient (Wildman–Crippen LogP) is 4.37. The summed E-state index contributed by atoms with van der Waals surface area (Å²) < 4.78 is 7.68. The van der Waals surface area contributed by atoms with Crippen LogP contribution in [-0.2, 0) is 13.1 Å². The maximum Gasteiger partial charge on any atom is 0.191 e. The van der Waals surface area contributed by atoms with Gasteiger partial charge in [-0.2, -0.15) is 5.10 Å². The lowest BCUT2D eigenvalue weighted by Crippen LogP contribution is -2.36. The first-order valence-electron chi connectivity index (χ1n) is 9.89. The van der Waals surface area contributed by atoms with Crippen molar-refractivity contribution in [3.8, 4) is 11.4 Å². The van der Waals surface area contributed by atoms with Gasteiger partial charge in [0.15, 0.2) is 5.96 Å². The van der Waals surface area contributed by atoms with E-state index in [1.165, 1.54) is 5.56 Å². The zero-order valence-electron chi connectivity index (χ0n) is 18.0. The molecule has 6 nitrogen and oxygen atoms in total. The van der Waals surface area contributed by atoms with Crippen molar-refractivity contribution in [1.82, 2.24) is 20.4 Å². The van der Waals surface area contributed by atoms with Gasteiger partial charge in [-0.3, -0.25) is 4.99 Å². The molecule has 2 aromatic carbocycles. The summed E-state index contributed by atoms with van der Waals surface area (Å²) in [6.45, 7) is 8.06. The molecule has 160 valence electrons. The number of halogens is 1. The van der Waals surface area contributed by atoms with E-state index in [1.54, 1.807) is 7.05 Å². The van der Waals surface area contributed by atoms with Crippen LogP contribution >= 0.6 is 24.0 Å². The van der Waals surface area contributed by atoms with Crippen molar-refractivity contribution in [2.45, 2.75) is 33.9 Å². The lowest BCUT2D eigenvalue weighted by Gasteiger charge is -2.14. The summed E-state index contributed by atoms with van der Waals surface area (Å²) in [5.74, 6) is 1.64. The van der Waals surface area contributed by atoms with Gasteiger partial charge in [0.1, 0.15) is 5.75 Å². The van der Waals surface area contributed by atoms with Gasteiger partial charge in [0.05, 0.1) is 18.0 Å². The molecule has 1 heterocycles. The molecule has 2 N–H and O–H groups in total. The Morgan fingerprint density at radius 3 is 2.37 bits per heavy atom. The molecule has 0 aliphatic carbocycles. The number of hydrogen-bond acceptors (Lipinski definition) is 3. The van der Waals surface area contributed by atoms with Gasteiger partial charge in [0, 0.05) is 37.0 Å². The number of nitrogens with one attached hydrogen (secondary N) is 2. The van der Waals surface area contributed by atoms with Crippen molar-refractivity contribution in [1.29, 1.82) is 0 Å². The minimum atomic E-state index is 0. The smallest absolute Gasteiger partial charge is 0.191 e. The number of rotatable bonds is 7. The highest BCUT2D eigenvalue weighted by Gasteiger charge is 2.13. The van der Waals surface area contributed by atoms with Crippen LogP contribution in [0.4, 0.5) is 0 Å². The summed E-state index contributed by atoms with van der Waals surface area (Å²) in [5.41, 5.74) is 5.47. The Kier molecular flexibility index (Phi) is 9.16. The summed E-state index contributed by atoms with van der Waals surface area (Å²) in [6, 6.07) is 18.2. The molecule has 0 amide bonds. The van der Waals surface area contributed by atoms with E-state index in [-0.39, 0.29) is 24.0 Å². The number of para-hydroxylation sites is 2. The fraction of sp³-hybridized carbons (Fsp3) is 0.304. The maximum absolute atomic E-state index is 5.70. The van der Waals surface area contributed by atoms with Gasteiger partial charge in [-0.1, -0.05) is 36.4 Å². The summed E-state index contributed by atoms with van der Waals surface area (Å²) in [5, 5.41) is 11.5. The number of aryl methyl sites for hydroxylation is 1. The van der Waals surface area contributed by atoms with E-state index in [1.807, 2.05) is 54.9 Å². The number of aromatic nitrogens is 2. The largest absolute Gasteiger partial charge is 0.494 e. The molecule has 0 unspecified atom stereocenters. The molecule has 1 aromatic heterocycles. The second-order valence-corrected chi connectivity index (χ2v) is 6.72. The molecule has 0 spiro atoms. The summed E-state index contributed by atoms with van der Waals surface area (Å²) >= 11 is 0. The van der Waals surface area contributed by atoms with Crippen LogP contribution in [0, 0.1) is 13.8 Å². The maximum atomic E-state index is 5.70. The normalized spacial score (nSPS) is 11.0. The molecule has 3 aromatic rings. The molecule has 0 atom stereocenters. The molecule has 0 bridgehead atoms. The molecule has 0 fully saturated rings. The van der Waals surface area contributed by atoms with Gasteiger partial charge in [-0.05, 0) is 39.0 Å². The first-order chi connectivity index (χ1) is 14.1. The third-order valence-corrected chi connectivity index (χ3v) is 4.82. The van der Waals surface area contributed by atoms with E-state index in [9.17, 15) is 0 Å². The Hall–Kier alpha value is -2.55. The van der Waals surface area contributed by atoms with E-state index in [0.29, 0.717) is 19.7 Å². The van der Waals surface area contributed by atoms with E-state index in [4.69, 9.17) is 9.84 Å². The number of aliphatic imine (C=N–C) groups is 1. The van der Waals surface area contributed by atoms with Crippen LogP contribution in [0.3, 0.4) is 0 Å². The van der Waals surface area contributed by atoms with Crippen LogP contribution in [-0.4, -0.2) is 29.4 Å². The third kappa shape index (κ3) is 5.75. The average molecular weight is 519 g/mol. The van der Waals surface area contributed by atoms with Crippen molar-refractivity contribution in [2.24, 2.45) is 4.99 Å². The Morgan fingerprint density at radius 2 is 1.67 bits per heavy atom. The monoisotopic (exact) mass is 519 g/mol. The zero-order chi connectivity index (χ0) is 20.6. The van der Waals surface area contributed by atoms with Crippen molar-refractivity contribution in [3.05, 3.63) is 77.1 Å². The first-order valence-corrected chi connectivity index (χ1v) is 9.89. The molecule has 7 heteroatoms. The fourth-order valence-corrected chi connectivity index (χ4v) is 3.27. The quantitative estimate of drug-likeness (QED) is 0.277. The number of ether oxygens (including phenoxy) is 1. The lowest BCUT2D eigenvalue weighted by atomic mass is 10.2. The molecule has 0 aliphatic rings. The van der Waals surface area contributed by atoms with Crippen LogP contribution in [0.2, 0.25) is 0 Å². The van der Waals surface area contributed by atoms with Gasteiger partial charge in [0.25, 0.3) is 0 Å². The van der Waals surface area contributed by atoms with E-state index in [0.717, 1.165) is 34.3 Å². The Labute approximate surface area is 195 Å². The summed E-state index contributed by atoms with van der Waals surface area (Å²) in [4.78, 5) is 4.34. The van der Waals surface area contributed by atoms with Crippen molar-refractivity contribution >= 4 is 29.9 Å².